The number of carbonyl (C=O) groups excluding carboxylic acids is 1. The summed E-state index contributed by atoms with van der Waals surface area (Å²) >= 11 is 0. The molecule has 6 heteroatoms. The highest BCUT2D eigenvalue weighted by Crippen LogP contribution is 2.22. The van der Waals surface area contributed by atoms with Crippen LogP contribution in [-0.4, -0.2) is 31.6 Å². The number of carbonyl (C=O) groups is 1. The minimum atomic E-state index is -0.250. The van der Waals surface area contributed by atoms with Crippen molar-refractivity contribution in [1.82, 2.24) is 25.5 Å². The fourth-order valence-corrected chi connectivity index (χ4v) is 2.36. The number of fused-ring (bicyclic) bond motifs is 1. The summed E-state index contributed by atoms with van der Waals surface area (Å²) in [4.78, 5) is 19.9. The lowest BCUT2D eigenvalue weighted by atomic mass is 10.1. The van der Waals surface area contributed by atoms with Crippen LogP contribution in [0.5, 0.6) is 0 Å². The van der Waals surface area contributed by atoms with Crippen LogP contribution in [0.4, 0.5) is 0 Å². The van der Waals surface area contributed by atoms with Crippen LogP contribution in [0.3, 0.4) is 0 Å². The third kappa shape index (κ3) is 3.00. The van der Waals surface area contributed by atoms with E-state index in [1.165, 1.54) is 0 Å². The number of hydrogen-bond acceptors (Lipinski definition) is 3. The molecule has 1 aromatic carbocycles. The molecule has 3 rings (SSSR count). The number of imidazole rings is 1. The van der Waals surface area contributed by atoms with Crippen LogP contribution >= 0.6 is 0 Å². The molecule has 114 valence electrons. The molecule has 0 radical (unpaired) electrons. The van der Waals surface area contributed by atoms with E-state index in [0.29, 0.717) is 5.82 Å². The molecule has 0 bridgehead atoms. The molecule has 1 amide bonds. The van der Waals surface area contributed by atoms with Gasteiger partial charge in [0.25, 0.3) is 0 Å². The normalized spacial score (nSPS) is 11.8. The Balaban J connectivity index is 1.87. The quantitative estimate of drug-likeness (QED) is 0.694. The lowest BCUT2D eigenvalue weighted by Gasteiger charge is -2.20. The summed E-state index contributed by atoms with van der Waals surface area (Å²) in [6.07, 6.45) is 1.94. The number of rotatable bonds is 3. The second kappa shape index (κ2) is 5.29. The van der Waals surface area contributed by atoms with Crippen LogP contribution in [-0.2, 0) is 11.2 Å². The second-order valence-electron chi connectivity index (χ2n) is 6.35. The van der Waals surface area contributed by atoms with E-state index in [1.54, 1.807) is 6.20 Å². The number of nitrogens with one attached hydrogen (secondary N) is 3. The maximum atomic E-state index is 12.1. The van der Waals surface area contributed by atoms with Crippen molar-refractivity contribution in [2.75, 3.05) is 0 Å². The number of para-hydroxylation sites is 2. The van der Waals surface area contributed by atoms with E-state index < -0.39 is 0 Å². The van der Waals surface area contributed by atoms with Crippen molar-refractivity contribution < 1.29 is 4.79 Å². The molecule has 2 aromatic heterocycles. The van der Waals surface area contributed by atoms with Crippen LogP contribution in [0, 0.1) is 0 Å². The second-order valence-corrected chi connectivity index (χ2v) is 6.35. The molecule has 2 heterocycles. The molecule has 0 spiro atoms. The van der Waals surface area contributed by atoms with Crippen molar-refractivity contribution in [2.45, 2.75) is 32.7 Å². The molecule has 3 N–H and O–H groups in total. The van der Waals surface area contributed by atoms with Gasteiger partial charge in [0, 0.05) is 11.1 Å². The number of aromatic amines is 2. The number of amides is 1. The highest BCUT2D eigenvalue weighted by Gasteiger charge is 2.18. The lowest BCUT2D eigenvalue weighted by molar-refractivity contribution is -0.121. The molecule has 0 fully saturated rings. The van der Waals surface area contributed by atoms with E-state index in [1.807, 2.05) is 45.0 Å². The minimum Gasteiger partial charge on any atom is -0.351 e. The number of H-pyrrole nitrogens is 2. The highest BCUT2D eigenvalue weighted by molar-refractivity contribution is 5.83. The van der Waals surface area contributed by atoms with E-state index in [0.717, 1.165) is 22.3 Å². The van der Waals surface area contributed by atoms with Gasteiger partial charge in [0.05, 0.1) is 23.7 Å². The predicted molar refractivity (Wildman–Crippen MR) is 85.3 cm³/mol. The average molecular weight is 297 g/mol. The van der Waals surface area contributed by atoms with Gasteiger partial charge in [-0.25, -0.2) is 4.98 Å². The monoisotopic (exact) mass is 297 g/mol. The van der Waals surface area contributed by atoms with Gasteiger partial charge in [-0.1, -0.05) is 12.1 Å². The molecule has 0 unspecified atom stereocenters. The first kappa shape index (κ1) is 14.3. The number of aromatic nitrogens is 4. The summed E-state index contributed by atoms with van der Waals surface area (Å²) in [6.45, 7) is 5.88. The SMILES string of the molecule is CC(C)(C)NC(=O)Cc1cn[nH]c1-c1nc2ccccc2[nH]1. The van der Waals surface area contributed by atoms with Gasteiger partial charge in [-0.3, -0.25) is 9.89 Å². The van der Waals surface area contributed by atoms with Gasteiger partial charge >= 0.3 is 0 Å². The Labute approximate surface area is 128 Å². The van der Waals surface area contributed by atoms with Crippen molar-refractivity contribution in [3.8, 4) is 11.5 Å². The van der Waals surface area contributed by atoms with Gasteiger partial charge in [-0.15, -0.1) is 0 Å². The highest BCUT2D eigenvalue weighted by atomic mass is 16.1. The lowest BCUT2D eigenvalue weighted by Crippen LogP contribution is -2.41. The molecule has 0 saturated carbocycles. The van der Waals surface area contributed by atoms with Gasteiger partial charge in [0.2, 0.25) is 5.91 Å². The molecule has 22 heavy (non-hydrogen) atoms. The van der Waals surface area contributed by atoms with Crippen molar-refractivity contribution in [3.63, 3.8) is 0 Å². The number of nitrogens with zero attached hydrogens (tertiary/aromatic N) is 2. The van der Waals surface area contributed by atoms with E-state index in [2.05, 4.69) is 25.5 Å². The Hall–Kier alpha value is -2.63. The zero-order chi connectivity index (χ0) is 15.7. The van der Waals surface area contributed by atoms with Crippen molar-refractivity contribution in [1.29, 1.82) is 0 Å². The Morgan fingerprint density at radius 3 is 2.77 bits per heavy atom. The van der Waals surface area contributed by atoms with Gasteiger partial charge in [0.1, 0.15) is 5.69 Å². The van der Waals surface area contributed by atoms with Gasteiger partial charge in [-0.2, -0.15) is 5.10 Å². The van der Waals surface area contributed by atoms with E-state index in [9.17, 15) is 4.79 Å². The summed E-state index contributed by atoms with van der Waals surface area (Å²) in [7, 11) is 0. The number of benzene rings is 1. The van der Waals surface area contributed by atoms with Gasteiger partial charge in [0.15, 0.2) is 5.82 Å². The first-order valence-electron chi connectivity index (χ1n) is 7.21. The topological polar surface area (TPSA) is 86.5 Å². The Kier molecular flexibility index (Phi) is 3.44. The first-order valence-corrected chi connectivity index (χ1v) is 7.21. The number of hydrogen-bond donors (Lipinski definition) is 3. The summed E-state index contributed by atoms with van der Waals surface area (Å²) in [5, 5.41) is 9.93. The molecule has 0 aliphatic rings. The Morgan fingerprint density at radius 1 is 1.27 bits per heavy atom. The van der Waals surface area contributed by atoms with Crippen LogP contribution < -0.4 is 5.32 Å². The fraction of sp³-hybridized carbons (Fsp3) is 0.312. The summed E-state index contributed by atoms with van der Waals surface area (Å²) in [5.41, 5.74) is 3.16. The predicted octanol–water partition coefficient (Wildman–Crippen LogP) is 2.41. The fourth-order valence-electron chi connectivity index (χ4n) is 2.36. The Bertz CT molecular complexity index is 776. The maximum absolute atomic E-state index is 12.1. The molecular weight excluding hydrogens is 278 g/mol. The molecule has 0 atom stereocenters. The standard InChI is InChI=1S/C16H19N5O/c1-16(2,3)20-13(22)8-10-9-17-21-14(10)15-18-11-6-4-5-7-12(11)19-15/h4-7,9H,8H2,1-3H3,(H,17,21)(H,18,19)(H,20,22). The summed E-state index contributed by atoms with van der Waals surface area (Å²) in [6, 6.07) is 7.80. The average Bonchev–Trinajstić information content (AvgIpc) is 3.01. The molecule has 0 saturated heterocycles. The smallest absolute Gasteiger partial charge is 0.224 e. The molecule has 0 aliphatic heterocycles. The molecular formula is C16H19N5O. The molecule has 6 nitrogen and oxygen atoms in total. The van der Waals surface area contributed by atoms with Crippen LogP contribution in [0.25, 0.3) is 22.6 Å². The van der Waals surface area contributed by atoms with E-state index in [-0.39, 0.29) is 17.9 Å². The summed E-state index contributed by atoms with van der Waals surface area (Å²) < 4.78 is 0. The van der Waals surface area contributed by atoms with E-state index in [4.69, 9.17) is 0 Å². The van der Waals surface area contributed by atoms with Crippen molar-refractivity contribution >= 4 is 16.9 Å². The van der Waals surface area contributed by atoms with Crippen LogP contribution in [0.15, 0.2) is 30.5 Å². The van der Waals surface area contributed by atoms with Crippen LogP contribution in [0.2, 0.25) is 0 Å². The third-order valence-electron chi connectivity index (χ3n) is 3.21. The third-order valence-corrected chi connectivity index (χ3v) is 3.21. The maximum Gasteiger partial charge on any atom is 0.224 e. The first-order chi connectivity index (χ1) is 10.4. The molecule has 0 aliphatic carbocycles. The molecule has 3 aromatic rings. The van der Waals surface area contributed by atoms with Crippen LogP contribution in [0.1, 0.15) is 26.3 Å². The van der Waals surface area contributed by atoms with Gasteiger partial charge in [-0.05, 0) is 32.9 Å². The van der Waals surface area contributed by atoms with E-state index >= 15 is 0 Å². The van der Waals surface area contributed by atoms with Crippen molar-refractivity contribution in [2.24, 2.45) is 0 Å². The zero-order valence-corrected chi connectivity index (χ0v) is 12.9. The van der Waals surface area contributed by atoms with Crippen molar-refractivity contribution in [3.05, 3.63) is 36.0 Å². The minimum absolute atomic E-state index is 0.0359. The van der Waals surface area contributed by atoms with Gasteiger partial charge < -0.3 is 10.3 Å². The summed E-state index contributed by atoms with van der Waals surface area (Å²) in [5.74, 6) is 0.656. The zero-order valence-electron chi connectivity index (χ0n) is 12.9. The largest absolute Gasteiger partial charge is 0.351 e. The Morgan fingerprint density at radius 2 is 2.05 bits per heavy atom.